The van der Waals surface area contributed by atoms with E-state index in [9.17, 15) is 49.5 Å². The topological polar surface area (TPSA) is 117 Å². The van der Waals surface area contributed by atoms with E-state index in [1.807, 2.05) is 0 Å². The third-order valence-electron chi connectivity index (χ3n) is 6.79. The van der Waals surface area contributed by atoms with Crippen LogP contribution in [0.3, 0.4) is 0 Å². The number of thiazole rings is 1. The quantitative estimate of drug-likeness (QED) is 0.508. The molecule has 2 aliphatic rings. The normalized spacial score (nSPS) is 20.1. The second kappa shape index (κ2) is 9.73. The molecular weight excluding hydrogens is 576 g/mol. The summed E-state index contributed by atoms with van der Waals surface area (Å²) >= 11 is 0.697. The Bertz CT molecular complexity index is 1390. The molecule has 0 spiro atoms. The summed E-state index contributed by atoms with van der Waals surface area (Å²) < 4.78 is 103. The molecule has 2 saturated heterocycles. The fourth-order valence-corrected chi connectivity index (χ4v) is 6.99. The minimum atomic E-state index is -6.07. The number of amides is 2. The number of aryl methyl sites for hydroxylation is 1. The lowest BCUT2D eigenvalue weighted by Gasteiger charge is -2.33. The Balaban J connectivity index is 1.77. The summed E-state index contributed by atoms with van der Waals surface area (Å²) in [6, 6.07) is 1.08. The molecule has 0 aliphatic carbocycles. The van der Waals surface area contributed by atoms with Gasteiger partial charge in [-0.25, -0.2) is 13.4 Å². The van der Waals surface area contributed by atoms with Crippen molar-refractivity contribution in [2.45, 2.75) is 56.7 Å². The molecule has 16 heteroatoms. The minimum absolute atomic E-state index is 0.0390. The number of aromatic nitrogens is 1. The number of hydrogen-bond acceptors (Lipinski definition) is 7. The Kier molecular flexibility index (Phi) is 7.30. The lowest BCUT2D eigenvalue weighted by Crippen LogP contribution is -2.53. The number of rotatable bonds is 5. The van der Waals surface area contributed by atoms with Crippen LogP contribution in [-0.4, -0.2) is 77.7 Å². The molecule has 3 heterocycles. The lowest BCUT2D eigenvalue weighted by atomic mass is 9.89. The summed E-state index contributed by atoms with van der Waals surface area (Å²) in [5, 5.41) is 12.0. The van der Waals surface area contributed by atoms with Crippen LogP contribution in [0.1, 0.15) is 51.2 Å². The lowest BCUT2D eigenvalue weighted by molar-refractivity contribution is -0.376. The van der Waals surface area contributed by atoms with Crippen LogP contribution in [0.15, 0.2) is 18.2 Å². The largest absolute Gasteiger partial charge is 0.430 e. The van der Waals surface area contributed by atoms with Crippen molar-refractivity contribution in [3.05, 3.63) is 40.0 Å². The molecule has 0 bridgehead atoms. The third kappa shape index (κ3) is 5.25. The molecule has 2 aromatic rings. The molecule has 2 N–H and O–H groups in total. The van der Waals surface area contributed by atoms with E-state index in [4.69, 9.17) is 0 Å². The number of alkyl halides is 6. The van der Waals surface area contributed by atoms with Gasteiger partial charge in [-0.2, -0.15) is 26.3 Å². The Morgan fingerprint density at radius 2 is 1.74 bits per heavy atom. The number of sulfone groups is 1. The van der Waals surface area contributed by atoms with E-state index >= 15 is 0 Å². The standard InChI is InChI=1S/C23H23F6N3O5S2/c1-11-8-13(21(35,22(24,25)26)23(27,28)29)5-6-15(11)17-16(20(34)32-7-3-4-12(32)2)31-19(38-17)18(33)30-14-9-39(36,37)10-14/h5-6,8,12,14,35H,3-4,7,9-10H2,1-2H3,(H,30,33). The zero-order valence-corrected chi connectivity index (χ0v) is 22.1. The van der Waals surface area contributed by atoms with Gasteiger partial charge < -0.3 is 15.3 Å². The molecule has 214 valence electrons. The summed E-state index contributed by atoms with van der Waals surface area (Å²) in [6.07, 6.45) is -10.7. The number of benzene rings is 1. The van der Waals surface area contributed by atoms with Gasteiger partial charge >= 0.3 is 12.4 Å². The molecule has 1 aromatic carbocycles. The molecule has 39 heavy (non-hydrogen) atoms. The first-order chi connectivity index (χ1) is 17.9. The van der Waals surface area contributed by atoms with E-state index < -0.39 is 51.2 Å². The van der Waals surface area contributed by atoms with E-state index in [1.165, 1.54) is 11.8 Å². The SMILES string of the molecule is Cc1cc(C(O)(C(F)(F)F)C(F)(F)F)ccc1-c1sc(C(=O)NC2CS(=O)(=O)C2)nc1C(=O)N1CCCC1C. The molecule has 1 aromatic heterocycles. The number of carbonyl (C=O) groups is 2. The zero-order chi connectivity index (χ0) is 29.1. The van der Waals surface area contributed by atoms with Crippen molar-refractivity contribution in [2.75, 3.05) is 18.1 Å². The van der Waals surface area contributed by atoms with Crippen LogP contribution in [0, 0.1) is 6.92 Å². The fraction of sp³-hybridized carbons (Fsp3) is 0.522. The Labute approximate surface area is 222 Å². The molecule has 2 amide bonds. The molecule has 1 atom stereocenters. The van der Waals surface area contributed by atoms with Crippen molar-refractivity contribution in [3.8, 4) is 10.4 Å². The fourth-order valence-electron chi connectivity index (χ4n) is 4.64. The summed E-state index contributed by atoms with van der Waals surface area (Å²) in [5.74, 6) is -1.87. The summed E-state index contributed by atoms with van der Waals surface area (Å²) in [7, 11) is -3.25. The molecule has 0 saturated carbocycles. The third-order valence-corrected chi connectivity index (χ3v) is 9.70. The van der Waals surface area contributed by atoms with Crippen molar-refractivity contribution in [1.29, 1.82) is 0 Å². The number of carbonyl (C=O) groups excluding carboxylic acids is 2. The monoisotopic (exact) mass is 599 g/mol. The molecule has 4 rings (SSSR count). The second-order valence-corrected chi connectivity index (χ2v) is 12.8. The number of likely N-dealkylation sites (tertiary alicyclic amines) is 1. The average molecular weight is 600 g/mol. The highest BCUT2D eigenvalue weighted by molar-refractivity contribution is 7.92. The van der Waals surface area contributed by atoms with Crippen molar-refractivity contribution < 1.29 is 49.5 Å². The first-order valence-corrected chi connectivity index (χ1v) is 14.3. The summed E-state index contributed by atoms with van der Waals surface area (Å²) in [6.45, 7) is 3.40. The first kappa shape index (κ1) is 29.3. The van der Waals surface area contributed by atoms with E-state index in [0.717, 1.165) is 6.07 Å². The molecule has 1 unspecified atom stereocenters. The number of nitrogens with one attached hydrogen (secondary N) is 1. The first-order valence-electron chi connectivity index (χ1n) is 11.7. The highest BCUT2D eigenvalue weighted by atomic mass is 32.2. The van der Waals surface area contributed by atoms with Gasteiger partial charge in [0, 0.05) is 18.2 Å². The maximum Gasteiger partial charge on any atom is 0.430 e. The van der Waals surface area contributed by atoms with Gasteiger partial charge in [-0.1, -0.05) is 18.2 Å². The number of aliphatic hydroxyl groups is 1. The van der Waals surface area contributed by atoms with Crippen LogP contribution in [0.5, 0.6) is 0 Å². The summed E-state index contributed by atoms with van der Waals surface area (Å²) in [4.78, 5) is 31.9. The van der Waals surface area contributed by atoms with Crippen molar-refractivity contribution in [3.63, 3.8) is 0 Å². The van der Waals surface area contributed by atoms with E-state index in [2.05, 4.69) is 10.3 Å². The van der Waals surface area contributed by atoms with Crippen LogP contribution in [0.2, 0.25) is 0 Å². The van der Waals surface area contributed by atoms with Crippen molar-refractivity contribution >= 4 is 33.0 Å². The number of halogens is 6. The average Bonchev–Trinajstić information content (AvgIpc) is 3.42. The zero-order valence-electron chi connectivity index (χ0n) is 20.5. The van der Waals surface area contributed by atoms with Crippen molar-refractivity contribution in [1.82, 2.24) is 15.2 Å². The second-order valence-electron chi connectivity index (χ2n) is 9.67. The molecular formula is C23H23F6N3O5S2. The van der Waals surface area contributed by atoms with Crippen LogP contribution in [0.25, 0.3) is 10.4 Å². The van der Waals surface area contributed by atoms with E-state index in [1.54, 1.807) is 6.92 Å². The van der Waals surface area contributed by atoms with Crippen LogP contribution >= 0.6 is 11.3 Å². The Morgan fingerprint density at radius 1 is 1.13 bits per heavy atom. The van der Waals surface area contributed by atoms with Gasteiger partial charge in [-0.3, -0.25) is 9.59 Å². The van der Waals surface area contributed by atoms with Gasteiger partial charge in [0.05, 0.1) is 22.4 Å². The van der Waals surface area contributed by atoms with Crippen LogP contribution in [0.4, 0.5) is 26.3 Å². The molecule has 8 nitrogen and oxygen atoms in total. The van der Waals surface area contributed by atoms with Gasteiger partial charge in [0.1, 0.15) is 5.69 Å². The minimum Gasteiger partial charge on any atom is -0.369 e. The highest BCUT2D eigenvalue weighted by Gasteiger charge is 2.71. The Morgan fingerprint density at radius 3 is 2.23 bits per heavy atom. The van der Waals surface area contributed by atoms with E-state index in [-0.39, 0.29) is 44.3 Å². The predicted octanol–water partition coefficient (Wildman–Crippen LogP) is 3.58. The summed E-state index contributed by atoms with van der Waals surface area (Å²) in [5.41, 5.74) is -6.89. The maximum absolute atomic E-state index is 13.4. The number of hydrogen-bond donors (Lipinski definition) is 2. The van der Waals surface area contributed by atoms with Gasteiger partial charge in [0.15, 0.2) is 14.8 Å². The maximum atomic E-state index is 13.4. The molecule has 0 radical (unpaired) electrons. The van der Waals surface area contributed by atoms with Crippen LogP contribution in [-0.2, 0) is 15.4 Å². The van der Waals surface area contributed by atoms with Gasteiger partial charge in [-0.15, -0.1) is 11.3 Å². The van der Waals surface area contributed by atoms with Crippen molar-refractivity contribution in [2.24, 2.45) is 0 Å². The molecule has 2 aliphatic heterocycles. The predicted molar refractivity (Wildman–Crippen MR) is 128 cm³/mol. The highest BCUT2D eigenvalue weighted by Crippen LogP contribution is 2.50. The van der Waals surface area contributed by atoms with Crippen LogP contribution < -0.4 is 5.32 Å². The number of nitrogens with zero attached hydrogens (tertiary/aromatic N) is 2. The smallest absolute Gasteiger partial charge is 0.369 e. The van der Waals surface area contributed by atoms with E-state index in [0.29, 0.717) is 42.9 Å². The molecule has 2 fully saturated rings. The van der Waals surface area contributed by atoms with Gasteiger partial charge in [-0.05, 0) is 37.8 Å². The van der Waals surface area contributed by atoms with Gasteiger partial charge in [0.25, 0.3) is 17.4 Å². The Hall–Kier alpha value is -2.72. The van der Waals surface area contributed by atoms with Gasteiger partial charge in [0.2, 0.25) is 0 Å².